The lowest BCUT2D eigenvalue weighted by Crippen LogP contribution is -2.23. The largest absolute Gasteiger partial charge is 0.310 e. The number of rotatable bonds is 4. The monoisotopic (exact) mass is 731 g/mol. The lowest BCUT2D eigenvalue weighted by molar-refractivity contribution is 0.293. The number of allylic oxidation sites excluding steroid dienone is 3. The molecule has 0 aromatic heterocycles. The van der Waals surface area contributed by atoms with E-state index in [-0.39, 0.29) is 16.2 Å². The van der Waals surface area contributed by atoms with Gasteiger partial charge < -0.3 is 4.90 Å². The molecule has 1 atom stereocenters. The molecule has 0 N–H and O–H groups in total. The molecule has 0 spiro atoms. The summed E-state index contributed by atoms with van der Waals surface area (Å²) >= 11 is 0. The minimum Gasteiger partial charge on any atom is -0.310 e. The van der Waals surface area contributed by atoms with Crippen LogP contribution in [0.4, 0.5) is 11.4 Å². The maximum atomic E-state index is 2.53. The molecule has 0 saturated heterocycles. The van der Waals surface area contributed by atoms with Crippen LogP contribution in [0.15, 0.2) is 151 Å². The van der Waals surface area contributed by atoms with Gasteiger partial charge in [0, 0.05) is 22.2 Å². The summed E-state index contributed by atoms with van der Waals surface area (Å²) in [7, 11) is 0. The van der Waals surface area contributed by atoms with E-state index in [9.17, 15) is 0 Å². The number of nitrogens with zero attached hydrogens (tertiary/aromatic N) is 1. The molecule has 1 nitrogen and oxygen atoms in total. The standard InChI is InChI=1S/C55H57N/c1-36-16-15-17-37-33-42(55(8,9)10)34-38-22-23-39(35-49(37)38)50(32-36)51-45-18-11-13-20-47(45)52(48-21-14-12-19-46(48)51)56(43-28-24-40(25-29-43)53(2,3)4)44-30-26-41(27-31-44)54(5,6)7/h11-26,28-35,41H,27H2,1-10H3. The van der Waals surface area contributed by atoms with Crippen molar-refractivity contribution in [3.8, 4) is 11.1 Å². The minimum absolute atomic E-state index is 0.0587. The average molecular weight is 732 g/mol. The summed E-state index contributed by atoms with van der Waals surface area (Å²) in [6.45, 7) is 23.1. The Kier molecular flexibility index (Phi) is 9.36. The molecule has 1 heteroatoms. The maximum Gasteiger partial charge on any atom is 0.0618 e. The third kappa shape index (κ3) is 6.98. The van der Waals surface area contributed by atoms with Crippen molar-refractivity contribution >= 4 is 54.5 Å². The Balaban J connectivity index is 1.44. The number of fused-ring (bicyclic) bond motifs is 3. The predicted molar refractivity (Wildman–Crippen MR) is 246 cm³/mol. The van der Waals surface area contributed by atoms with Gasteiger partial charge in [-0.15, -0.1) is 0 Å². The van der Waals surface area contributed by atoms with Gasteiger partial charge in [0.2, 0.25) is 0 Å². The summed E-state index contributed by atoms with van der Waals surface area (Å²) in [5.74, 6) is 0.487. The molecule has 56 heavy (non-hydrogen) atoms. The highest BCUT2D eigenvalue weighted by molar-refractivity contribution is 6.23. The topological polar surface area (TPSA) is 3.24 Å². The first-order valence-corrected chi connectivity index (χ1v) is 20.5. The average Bonchev–Trinajstić information content (AvgIpc) is 3.16. The Labute approximate surface area is 335 Å². The summed E-state index contributed by atoms with van der Waals surface area (Å²) in [5.41, 5.74) is 10.4. The van der Waals surface area contributed by atoms with Crippen LogP contribution in [0.3, 0.4) is 0 Å². The summed E-state index contributed by atoms with van der Waals surface area (Å²) in [5, 5.41) is 10.0. The Morgan fingerprint density at radius 1 is 0.518 bits per heavy atom. The Bertz CT molecular complexity index is 2660. The third-order valence-electron chi connectivity index (χ3n) is 12.0. The van der Waals surface area contributed by atoms with E-state index in [2.05, 4.69) is 220 Å². The van der Waals surface area contributed by atoms with Crippen molar-refractivity contribution in [1.29, 1.82) is 0 Å². The van der Waals surface area contributed by atoms with Crippen LogP contribution in [0.5, 0.6) is 0 Å². The Morgan fingerprint density at radius 3 is 1.64 bits per heavy atom. The molecule has 0 aliphatic heterocycles. The fourth-order valence-corrected chi connectivity index (χ4v) is 8.58. The highest BCUT2D eigenvalue weighted by Crippen LogP contribution is 2.49. The van der Waals surface area contributed by atoms with Crippen LogP contribution in [0.25, 0.3) is 54.2 Å². The van der Waals surface area contributed by atoms with Crippen LogP contribution in [-0.4, -0.2) is 0 Å². The normalized spacial score (nSPS) is 15.1. The van der Waals surface area contributed by atoms with Gasteiger partial charge in [-0.05, 0) is 114 Å². The summed E-state index contributed by atoms with van der Waals surface area (Å²) < 4.78 is 0. The number of aryl methyl sites for hydroxylation is 1. The van der Waals surface area contributed by atoms with Crippen LogP contribution in [0.2, 0.25) is 0 Å². The van der Waals surface area contributed by atoms with Gasteiger partial charge in [0.15, 0.2) is 0 Å². The molecule has 0 fully saturated rings. The maximum absolute atomic E-state index is 2.53. The van der Waals surface area contributed by atoms with Crippen molar-refractivity contribution in [2.75, 3.05) is 4.90 Å². The van der Waals surface area contributed by atoms with Crippen LogP contribution < -0.4 is 4.90 Å². The van der Waals surface area contributed by atoms with Gasteiger partial charge in [0.05, 0.1) is 5.69 Å². The first kappa shape index (κ1) is 37.5. The van der Waals surface area contributed by atoms with Gasteiger partial charge in [-0.25, -0.2) is 0 Å². The van der Waals surface area contributed by atoms with Crippen molar-refractivity contribution in [3.63, 3.8) is 0 Å². The number of hydrogen-bond donors (Lipinski definition) is 0. The second-order valence-corrected chi connectivity index (χ2v) is 19.2. The third-order valence-corrected chi connectivity index (χ3v) is 12.0. The van der Waals surface area contributed by atoms with Crippen molar-refractivity contribution in [3.05, 3.63) is 168 Å². The molecule has 0 radical (unpaired) electrons. The first-order chi connectivity index (χ1) is 26.6. The van der Waals surface area contributed by atoms with E-state index in [0.29, 0.717) is 5.92 Å². The molecule has 7 aromatic carbocycles. The molecule has 1 aliphatic carbocycles. The van der Waals surface area contributed by atoms with Gasteiger partial charge in [0.1, 0.15) is 0 Å². The lowest BCUT2D eigenvalue weighted by Gasteiger charge is -2.34. The second kappa shape index (κ2) is 14.0. The van der Waals surface area contributed by atoms with E-state index in [1.54, 1.807) is 0 Å². The second-order valence-electron chi connectivity index (χ2n) is 19.2. The van der Waals surface area contributed by atoms with E-state index in [1.807, 2.05) is 0 Å². The zero-order valence-electron chi connectivity index (χ0n) is 35.1. The smallest absolute Gasteiger partial charge is 0.0618 e. The molecular weight excluding hydrogens is 675 g/mol. The van der Waals surface area contributed by atoms with E-state index in [1.165, 1.54) is 88.0 Å². The van der Waals surface area contributed by atoms with Gasteiger partial charge >= 0.3 is 0 Å². The van der Waals surface area contributed by atoms with Crippen LogP contribution in [0, 0.1) is 18.3 Å². The summed E-state index contributed by atoms with van der Waals surface area (Å²) in [4.78, 5) is 2.53. The van der Waals surface area contributed by atoms with Gasteiger partial charge in [-0.2, -0.15) is 0 Å². The molecule has 8 rings (SSSR count). The van der Waals surface area contributed by atoms with Crippen LogP contribution in [0.1, 0.15) is 85.4 Å². The Hall–Kier alpha value is -5.40. The summed E-state index contributed by atoms with van der Waals surface area (Å²) in [6.07, 6.45) is 8.29. The SMILES string of the molecule is Cc1cccc2cc(C(C)(C)C)cc3ccc(cc23)c(-c2c3ccccc3c(N(C3=CCC(C(C)(C)C)C=C3)c3ccc(C(C)(C)C)cc3)c3ccccc23)c1. The minimum atomic E-state index is 0.0587. The molecule has 0 saturated carbocycles. The quantitative estimate of drug-likeness (QED) is 0.163. The van der Waals surface area contributed by atoms with Crippen molar-refractivity contribution in [1.82, 2.24) is 0 Å². The highest BCUT2D eigenvalue weighted by atomic mass is 15.1. The molecule has 2 bridgehead atoms. The molecule has 1 unspecified atom stereocenters. The fraction of sp³-hybridized carbons (Fsp3) is 0.273. The van der Waals surface area contributed by atoms with Crippen molar-refractivity contribution in [2.45, 2.75) is 86.5 Å². The predicted octanol–water partition coefficient (Wildman–Crippen LogP) is 16.1. The zero-order valence-corrected chi connectivity index (χ0v) is 35.1. The number of benzene rings is 6. The van der Waals surface area contributed by atoms with Crippen molar-refractivity contribution < 1.29 is 0 Å². The molecule has 0 amide bonds. The lowest BCUT2D eigenvalue weighted by atomic mass is 9.77. The highest BCUT2D eigenvalue weighted by Gasteiger charge is 2.28. The van der Waals surface area contributed by atoms with Gasteiger partial charge in [-0.3, -0.25) is 0 Å². The molecule has 0 heterocycles. The molecule has 1 aliphatic rings. The van der Waals surface area contributed by atoms with Gasteiger partial charge in [0.25, 0.3) is 0 Å². The number of anilines is 2. The van der Waals surface area contributed by atoms with Crippen molar-refractivity contribution in [2.24, 2.45) is 11.3 Å². The van der Waals surface area contributed by atoms with E-state index in [4.69, 9.17) is 0 Å². The van der Waals surface area contributed by atoms with E-state index in [0.717, 1.165) is 6.42 Å². The van der Waals surface area contributed by atoms with Crippen LogP contribution in [-0.2, 0) is 10.8 Å². The van der Waals surface area contributed by atoms with Crippen LogP contribution >= 0.6 is 0 Å². The zero-order chi connectivity index (χ0) is 39.6. The number of hydrogen-bond acceptors (Lipinski definition) is 1. The van der Waals surface area contributed by atoms with E-state index >= 15 is 0 Å². The first-order valence-electron chi connectivity index (χ1n) is 20.5. The molecular formula is C55H57N. The Morgan fingerprint density at radius 2 is 1.09 bits per heavy atom. The van der Waals surface area contributed by atoms with Gasteiger partial charge in [-0.1, -0.05) is 189 Å². The fourth-order valence-electron chi connectivity index (χ4n) is 8.58. The molecule has 282 valence electrons. The van der Waals surface area contributed by atoms with E-state index < -0.39 is 0 Å². The summed E-state index contributed by atoms with van der Waals surface area (Å²) in [6, 6.07) is 48.5. The molecule has 7 aromatic rings.